The molecule has 6 nitrogen and oxygen atoms in total. The molecule has 2 aliphatic rings. The van der Waals surface area contributed by atoms with Gasteiger partial charge in [0, 0.05) is 16.0 Å². The Morgan fingerprint density at radius 3 is 2.67 bits per heavy atom. The van der Waals surface area contributed by atoms with Crippen LogP contribution >= 0.6 is 11.3 Å². The van der Waals surface area contributed by atoms with Gasteiger partial charge >= 0.3 is 5.97 Å². The molecular weight excluding hydrogens is 434 g/mol. The van der Waals surface area contributed by atoms with Crippen LogP contribution in [0.4, 0.5) is 5.00 Å². The number of rotatable bonds is 4. The predicted molar refractivity (Wildman–Crippen MR) is 128 cm³/mol. The Kier molecular flexibility index (Phi) is 6.10. The minimum Gasteiger partial charge on any atom is -0.452 e. The van der Waals surface area contributed by atoms with Crippen molar-refractivity contribution in [1.82, 2.24) is 4.98 Å². The van der Waals surface area contributed by atoms with E-state index in [-0.39, 0.29) is 0 Å². The number of pyridine rings is 1. The number of carbonyl (C=O) groups excluding carboxylic acids is 2. The molecule has 7 heteroatoms. The lowest BCUT2D eigenvalue weighted by molar-refractivity contribution is -0.119. The van der Waals surface area contributed by atoms with Crippen molar-refractivity contribution in [3.8, 4) is 6.07 Å². The van der Waals surface area contributed by atoms with Gasteiger partial charge in [-0.05, 0) is 68.6 Å². The molecule has 0 radical (unpaired) electrons. The molecule has 0 fully saturated rings. The third-order valence-corrected chi connectivity index (χ3v) is 7.70. The molecule has 2 aliphatic carbocycles. The van der Waals surface area contributed by atoms with Gasteiger partial charge in [0.05, 0.1) is 16.6 Å². The van der Waals surface area contributed by atoms with E-state index in [1.807, 2.05) is 24.3 Å². The molecule has 0 saturated carbocycles. The molecule has 168 valence electrons. The Morgan fingerprint density at radius 2 is 1.79 bits per heavy atom. The molecular formula is C26H25N3O3S. The molecule has 1 aromatic carbocycles. The first-order valence-corrected chi connectivity index (χ1v) is 12.4. The van der Waals surface area contributed by atoms with Gasteiger partial charge in [-0.15, -0.1) is 11.3 Å². The van der Waals surface area contributed by atoms with Gasteiger partial charge in [-0.3, -0.25) is 9.78 Å². The van der Waals surface area contributed by atoms with Crippen LogP contribution in [0.5, 0.6) is 0 Å². The van der Waals surface area contributed by atoms with Gasteiger partial charge in [0.2, 0.25) is 0 Å². The molecule has 1 amide bonds. The molecule has 0 saturated heterocycles. The Morgan fingerprint density at radius 1 is 1.03 bits per heavy atom. The average Bonchev–Trinajstić information content (AvgIpc) is 3.01. The minimum absolute atomic E-state index is 0.391. The lowest BCUT2D eigenvalue weighted by Gasteiger charge is -2.15. The minimum atomic E-state index is -0.493. The predicted octanol–water partition coefficient (Wildman–Crippen LogP) is 5.11. The summed E-state index contributed by atoms with van der Waals surface area (Å²) in [7, 11) is 0. The van der Waals surface area contributed by atoms with Gasteiger partial charge in [-0.25, -0.2) is 4.79 Å². The van der Waals surface area contributed by atoms with Crippen LogP contribution in [0.15, 0.2) is 24.3 Å². The van der Waals surface area contributed by atoms with Crippen LogP contribution in [0.25, 0.3) is 10.9 Å². The maximum Gasteiger partial charge on any atom is 0.339 e. The number of hydrogen-bond acceptors (Lipinski definition) is 6. The first-order valence-electron chi connectivity index (χ1n) is 11.6. The number of nitriles is 1. The van der Waals surface area contributed by atoms with E-state index < -0.39 is 18.5 Å². The number of aryl methyl sites for hydroxylation is 2. The van der Waals surface area contributed by atoms with E-state index in [4.69, 9.17) is 9.72 Å². The number of anilines is 1. The van der Waals surface area contributed by atoms with Gasteiger partial charge in [0.25, 0.3) is 5.91 Å². The summed E-state index contributed by atoms with van der Waals surface area (Å²) < 4.78 is 5.50. The first-order chi connectivity index (χ1) is 16.2. The van der Waals surface area contributed by atoms with Gasteiger partial charge in [0.15, 0.2) is 6.61 Å². The number of thiophene rings is 1. The number of ether oxygens (including phenoxy) is 1. The van der Waals surface area contributed by atoms with Crippen molar-refractivity contribution in [1.29, 1.82) is 5.26 Å². The van der Waals surface area contributed by atoms with Crippen molar-refractivity contribution < 1.29 is 14.3 Å². The summed E-state index contributed by atoms with van der Waals surface area (Å²) in [6.45, 7) is -0.391. The largest absolute Gasteiger partial charge is 0.452 e. The molecule has 33 heavy (non-hydrogen) atoms. The van der Waals surface area contributed by atoms with Crippen LogP contribution in [0.1, 0.15) is 69.7 Å². The SMILES string of the molecule is N#Cc1c(NC(=O)COC(=O)c2c3c(nc4ccccc24)CCCCC3)sc2c1CCCC2. The number of amides is 1. The van der Waals surface area contributed by atoms with Crippen LogP contribution in [0.3, 0.4) is 0 Å². The maximum atomic E-state index is 13.2. The standard InChI is InChI=1S/C26H25N3O3S/c27-14-19-16-8-5-7-13-22(16)33-25(19)29-23(30)15-32-26(31)24-17-9-2-1-3-11-20(17)28-21-12-6-4-10-18(21)24/h4,6,10,12H,1-3,5,7-9,11,13,15H2,(H,29,30). The number of carbonyl (C=O) groups is 2. The number of para-hydroxylation sites is 1. The molecule has 0 aliphatic heterocycles. The second-order valence-corrected chi connectivity index (χ2v) is 9.75. The summed E-state index contributed by atoms with van der Waals surface area (Å²) in [5.74, 6) is -0.921. The van der Waals surface area contributed by atoms with Crippen molar-refractivity contribution in [2.24, 2.45) is 0 Å². The van der Waals surface area contributed by atoms with Crippen molar-refractivity contribution >= 4 is 39.1 Å². The van der Waals surface area contributed by atoms with Gasteiger partial charge in [0.1, 0.15) is 11.1 Å². The summed E-state index contributed by atoms with van der Waals surface area (Å²) >= 11 is 1.47. The zero-order chi connectivity index (χ0) is 22.8. The normalized spacial score (nSPS) is 15.1. The highest BCUT2D eigenvalue weighted by atomic mass is 32.1. The fraction of sp³-hybridized carbons (Fsp3) is 0.385. The fourth-order valence-electron chi connectivity index (χ4n) is 4.92. The van der Waals surface area contributed by atoms with E-state index in [1.165, 1.54) is 16.2 Å². The molecule has 0 unspecified atom stereocenters. The van der Waals surface area contributed by atoms with Gasteiger partial charge < -0.3 is 10.1 Å². The summed E-state index contributed by atoms with van der Waals surface area (Å²) in [4.78, 5) is 31.8. The zero-order valence-corrected chi connectivity index (χ0v) is 19.2. The molecule has 0 atom stereocenters. The van der Waals surface area contributed by atoms with Crippen LogP contribution in [0, 0.1) is 11.3 Å². The van der Waals surface area contributed by atoms with Crippen molar-refractivity contribution in [3.05, 3.63) is 57.1 Å². The second-order valence-electron chi connectivity index (χ2n) is 8.64. The lowest BCUT2D eigenvalue weighted by atomic mass is 9.96. The highest BCUT2D eigenvalue weighted by Gasteiger charge is 2.25. The zero-order valence-electron chi connectivity index (χ0n) is 18.4. The van der Waals surface area contributed by atoms with E-state index in [0.717, 1.165) is 85.5 Å². The highest BCUT2D eigenvalue weighted by molar-refractivity contribution is 7.16. The summed E-state index contributed by atoms with van der Waals surface area (Å²) in [5, 5.41) is 13.7. The summed E-state index contributed by atoms with van der Waals surface area (Å²) in [6, 6.07) is 9.84. The van der Waals surface area contributed by atoms with Crippen LogP contribution in [-0.4, -0.2) is 23.5 Å². The number of hydrogen-bond donors (Lipinski definition) is 1. The Hall–Kier alpha value is -3.24. The number of benzene rings is 1. The third-order valence-electron chi connectivity index (χ3n) is 6.49. The van der Waals surface area contributed by atoms with Gasteiger partial charge in [-0.2, -0.15) is 5.26 Å². The average molecular weight is 460 g/mol. The van der Waals surface area contributed by atoms with E-state index in [0.29, 0.717) is 16.1 Å². The van der Waals surface area contributed by atoms with Crippen molar-refractivity contribution in [3.63, 3.8) is 0 Å². The van der Waals surface area contributed by atoms with Crippen molar-refractivity contribution in [2.75, 3.05) is 11.9 Å². The molecule has 1 N–H and O–H groups in total. The Bertz CT molecular complexity index is 1290. The number of nitrogens with zero attached hydrogens (tertiary/aromatic N) is 2. The Labute approximate surface area is 196 Å². The molecule has 2 aromatic heterocycles. The number of nitrogens with one attached hydrogen (secondary N) is 1. The smallest absolute Gasteiger partial charge is 0.339 e. The number of fused-ring (bicyclic) bond motifs is 3. The molecule has 0 spiro atoms. The van der Waals surface area contributed by atoms with E-state index in [1.54, 1.807) is 0 Å². The van der Waals surface area contributed by atoms with E-state index in [9.17, 15) is 14.9 Å². The molecule has 3 aromatic rings. The van der Waals surface area contributed by atoms with Crippen molar-refractivity contribution in [2.45, 2.75) is 57.8 Å². The summed E-state index contributed by atoms with van der Waals surface area (Å²) in [6.07, 6.45) is 8.79. The van der Waals surface area contributed by atoms with E-state index >= 15 is 0 Å². The maximum absolute atomic E-state index is 13.2. The molecule has 5 rings (SSSR count). The first kappa shape index (κ1) is 21.6. The Balaban J connectivity index is 1.36. The van der Waals surface area contributed by atoms with E-state index in [2.05, 4.69) is 11.4 Å². The third kappa shape index (κ3) is 4.23. The number of aromatic nitrogens is 1. The summed E-state index contributed by atoms with van der Waals surface area (Å²) in [5.41, 5.74) is 4.85. The topological polar surface area (TPSA) is 92.1 Å². The fourth-order valence-corrected chi connectivity index (χ4v) is 6.18. The van der Waals surface area contributed by atoms with Crippen LogP contribution < -0.4 is 5.32 Å². The van der Waals surface area contributed by atoms with Gasteiger partial charge in [-0.1, -0.05) is 24.6 Å². The van der Waals surface area contributed by atoms with Crippen LogP contribution in [0.2, 0.25) is 0 Å². The highest BCUT2D eigenvalue weighted by Crippen LogP contribution is 2.37. The molecule has 0 bridgehead atoms. The second kappa shape index (κ2) is 9.32. The monoisotopic (exact) mass is 459 g/mol. The number of esters is 1. The van der Waals surface area contributed by atoms with Crippen LogP contribution in [-0.2, 0) is 35.2 Å². The molecule has 2 heterocycles. The lowest BCUT2D eigenvalue weighted by Crippen LogP contribution is -2.22. The quantitative estimate of drug-likeness (QED) is 0.432.